The van der Waals surface area contributed by atoms with Crippen LogP contribution in [0.25, 0.3) is 10.9 Å². The molecule has 4 nitrogen and oxygen atoms in total. The van der Waals surface area contributed by atoms with E-state index >= 15 is 0 Å². The van der Waals surface area contributed by atoms with Crippen LogP contribution in [0, 0.1) is 0 Å². The molecule has 0 aliphatic heterocycles. The van der Waals surface area contributed by atoms with Gasteiger partial charge in [0.1, 0.15) is 5.82 Å². The number of hydrogen-bond donors (Lipinski definition) is 2. The van der Waals surface area contributed by atoms with E-state index < -0.39 is 11.7 Å². The highest BCUT2D eigenvalue weighted by molar-refractivity contribution is 5.77. The van der Waals surface area contributed by atoms with E-state index in [-0.39, 0.29) is 18.1 Å². The van der Waals surface area contributed by atoms with Gasteiger partial charge in [0, 0.05) is 6.04 Å². The van der Waals surface area contributed by atoms with E-state index in [4.69, 9.17) is 0 Å². The fraction of sp³-hybridized carbons (Fsp3) is 0.222. The molecule has 0 amide bonds. The van der Waals surface area contributed by atoms with Crippen molar-refractivity contribution in [3.8, 4) is 0 Å². The lowest BCUT2D eigenvalue weighted by atomic mass is 10.0. The highest BCUT2D eigenvalue weighted by Gasteiger charge is 2.30. The van der Waals surface area contributed by atoms with Crippen LogP contribution in [0.3, 0.4) is 0 Å². The van der Waals surface area contributed by atoms with Crippen molar-refractivity contribution in [3.05, 3.63) is 75.8 Å². The van der Waals surface area contributed by atoms with Gasteiger partial charge in [-0.3, -0.25) is 4.79 Å². The van der Waals surface area contributed by atoms with Gasteiger partial charge in [-0.25, -0.2) is 4.98 Å². The van der Waals surface area contributed by atoms with Crippen LogP contribution < -0.4 is 10.9 Å². The lowest BCUT2D eigenvalue weighted by Crippen LogP contribution is -2.22. The molecule has 0 bridgehead atoms. The summed E-state index contributed by atoms with van der Waals surface area (Å²) in [6.45, 7) is 1.99. The van der Waals surface area contributed by atoms with Crippen molar-refractivity contribution >= 4 is 10.9 Å². The summed E-state index contributed by atoms with van der Waals surface area (Å²) in [5.74, 6) is 0.433. The van der Waals surface area contributed by atoms with E-state index in [9.17, 15) is 18.0 Å². The number of benzene rings is 2. The predicted molar refractivity (Wildman–Crippen MR) is 89.1 cm³/mol. The first-order valence-corrected chi connectivity index (χ1v) is 7.73. The maximum Gasteiger partial charge on any atom is 0.416 e. The molecule has 0 saturated heterocycles. The molecule has 25 heavy (non-hydrogen) atoms. The maximum absolute atomic E-state index is 12.8. The molecular weight excluding hydrogens is 331 g/mol. The number of halogens is 3. The van der Waals surface area contributed by atoms with E-state index in [2.05, 4.69) is 15.3 Å². The van der Waals surface area contributed by atoms with E-state index in [0.717, 1.165) is 12.1 Å². The SMILES string of the molecule is C[C@@H](NCc1nc2ccccc2c(=O)[nH]1)c1cccc(C(F)(F)F)c1. The second-order valence-corrected chi connectivity index (χ2v) is 5.76. The number of alkyl halides is 3. The third kappa shape index (κ3) is 3.88. The summed E-state index contributed by atoms with van der Waals surface area (Å²) >= 11 is 0. The van der Waals surface area contributed by atoms with E-state index in [1.54, 1.807) is 37.3 Å². The molecule has 0 aliphatic carbocycles. The summed E-state index contributed by atoms with van der Waals surface area (Å²) in [5.41, 5.74) is 0.165. The molecule has 0 aliphatic rings. The Balaban J connectivity index is 1.77. The summed E-state index contributed by atoms with van der Waals surface area (Å²) in [6.07, 6.45) is -4.37. The number of para-hydroxylation sites is 1. The van der Waals surface area contributed by atoms with Crippen molar-refractivity contribution in [3.63, 3.8) is 0 Å². The number of aromatic amines is 1. The first-order chi connectivity index (χ1) is 11.8. The highest BCUT2D eigenvalue weighted by Crippen LogP contribution is 2.30. The van der Waals surface area contributed by atoms with Crippen molar-refractivity contribution in [2.45, 2.75) is 25.7 Å². The molecule has 0 spiro atoms. The number of nitrogens with one attached hydrogen (secondary N) is 2. The Morgan fingerprint density at radius 3 is 2.68 bits per heavy atom. The van der Waals surface area contributed by atoms with Gasteiger partial charge < -0.3 is 10.3 Å². The molecular formula is C18H16F3N3O. The minimum atomic E-state index is -4.37. The quantitative estimate of drug-likeness (QED) is 0.755. The molecule has 0 unspecified atom stereocenters. The smallest absolute Gasteiger partial charge is 0.309 e. The monoisotopic (exact) mass is 347 g/mol. The highest BCUT2D eigenvalue weighted by atomic mass is 19.4. The number of nitrogens with zero attached hydrogens (tertiary/aromatic N) is 1. The molecule has 1 aromatic heterocycles. The van der Waals surface area contributed by atoms with Gasteiger partial charge in [-0.1, -0.05) is 24.3 Å². The lowest BCUT2D eigenvalue weighted by molar-refractivity contribution is -0.137. The molecule has 1 heterocycles. The Labute approximate surface area is 141 Å². The number of fused-ring (bicyclic) bond motifs is 1. The lowest BCUT2D eigenvalue weighted by Gasteiger charge is -2.16. The number of H-pyrrole nitrogens is 1. The maximum atomic E-state index is 12.8. The fourth-order valence-electron chi connectivity index (χ4n) is 2.57. The largest absolute Gasteiger partial charge is 0.416 e. The van der Waals surface area contributed by atoms with Crippen molar-refractivity contribution < 1.29 is 13.2 Å². The normalized spacial score (nSPS) is 13.1. The predicted octanol–water partition coefficient (Wildman–Crippen LogP) is 3.79. The number of aromatic nitrogens is 2. The van der Waals surface area contributed by atoms with Gasteiger partial charge in [0.05, 0.1) is 23.0 Å². The van der Waals surface area contributed by atoms with E-state index in [0.29, 0.717) is 22.3 Å². The molecule has 3 rings (SSSR count). The van der Waals surface area contributed by atoms with Crippen molar-refractivity contribution in [1.82, 2.24) is 15.3 Å². The van der Waals surface area contributed by atoms with Crippen LogP contribution in [0.4, 0.5) is 13.2 Å². The Kier molecular flexibility index (Phi) is 4.59. The summed E-state index contributed by atoms with van der Waals surface area (Å²) in [7, 11) is 0. The standard InChI is InChI=1S/C18H16F3N3O/c1-11(12-5-4-6-13(9-12)18(19,20)21)22-10-16-23-15-8-3-2-7-14(15)17(25)24-16/h2-9,11,22H,10H2,1H3,(H,23,24,25)/t11-/m1/s1. The minimum absolute atomic E-state index is 0.234. The molecule has 2 aromatic carbocycles. The Morgan fingerprint density at radius 2 is 1.92 bits per heavy atom. The Morgan fingerprint density at radius 1 is 1.16 bits per heavy atom. The van der Waals surface area contributed by atoms with Gasteiger partial charge in [-0.05, 0) is 36.8 Å². The Hall–Kier alpha value is -2.67. The number of rotatable bonds is 4. The van der Waals surface area contributed by atoms with Gasteiger partial charge in [0.15, 0.2) is 0 Å². The Bertz CT molecular complexity index is 950. The zero-order chi connectivity index (χ0) is 18.0. The van der Waals surface area contributed by atoms with Crippen molar-refractivity contribution in [1.29, 1.82) is 0 Å². The molecule has 2 N–H and O–H groups in total. The van der Waals surface area contributed by atoms with Gasteiger partial charge in [0.25, 0.3) is 5.56 Å². The molecule has 130 valence electrons. The second-order valence-electron chi connectivity index (χ2n) is 5.76. The molecule has 7 heteroatoms. The van der Waals surface area contributed by atoms with Crippen LogP contribution in [-0.4, -0.2) is 9.97 Å². The molecule has 1 atom stereocenters. The zero-order valence-corrected chi connectivity index (χ0v) is 13.4. The van der Waals surface area contributed by atoms with Crippen LogP contribution in [0.15, 0.2) is 53.3 Å². The van der Waals surface area contributed by atoms with Gasteiger partial charge in [-0.2, -0.15) is 13.2 Å². The van der Waals surface area contributed by atoms with Gasteiger partial charge in [0.2, 0.25) is 0 Å². The van der Waals surface area contributed by atoms with Crippen LogP contribution in [0.5, 0.6) is 0 Å². The summed E-state index contributed by atoms with van der Waals surface area (Å²) in [6, 6.07) is 11.8. The number of hydrogen-bond acceptors (Lipinski definition) is 3. The third-order valence-electron chi connectivity index (χ3n) is 3.95. The first-order valence-electron chi connectivity index (χ1n) is 7.73. The minimum Gasteiger partial charge on any atom is -0.309 e. The molecule has 0 fully saturated rings. The molecule has 0 radical (unpaired) electrons. The van der Waals surface area contributed by atoms with Crippen molar-refractivity contribution in [2.24, 2.45) is 0 Å². The average molecular weight is 347 g/mol. The molecule has 3 aromatic rings. The van der Waals surface area contributed by atoms with Crippen LogP contribution in [-0.2, 0) is 12.7 Å². The van der Waals surface area contributed by atoms with Crippen LogP contribution in [0.2, 0.25) is 0 Å². The van der Waals surface area contributed by atoms with E-state index in [1.807, 2.05) is 0 Å². The van der Waals surface area contributed by atoms with Gasteiger partial charge in [-0.15, -0.1) is 0 Å². The van der Waals surface area contributed by atoms with Gasteiger partial charge >= 0.3 is 6.18 Å². The van der Waals surface area contributed by atoms with Crippen LogP contribution >= 0.6 is 0 Å². The summed E-state index contributed by atoms with van der Waals surface area (Å²) in [5, 5.41) is 3.58. The first kappa shape index (κ1) is 17.2. The summed E-state index contributed by atoms with van der Waals surface area (Å²) in [4.78, 5) is 19.1. The zero-order valence-electron chi connectivity index (χ0n) is 13.4. The average Bonchev–Trinajstić information content (AvgIpc) is 2.59. The van der Waals surface area contributed by atoms with Crippen molar-refractivity contribution in [2.75, 3.05) is 0 Å². The van der Waals surface area contributed by atoms with E-state index in [1.165, 1.54) is 6.07 Å². The third-order valence-corrected chi connectivity index (χ3v) is 3.95. The fourth-order valence-corrected chi connectivity index (χ4v) is 2.57. The topological polar surface area (TPSA) is 57.8 Å². The second kappa shape index (κ2) is 6.68. The van der Waals surface area contributed by atoms with Crippen LogP contribution in [0.1, 0.15) is 29.9 Å². The molecule has 0 saturated carbocycles. The summed E-state index contributed by atoms with van der Waals surface area (Å²) < 4.78 is 38.4.